The lowest BCUT2D eigenvalue weighted by Gasteiger charge is -2.23. The van der Waals surface area contributed by atoms with E-state index in [1.807, 2.05) is 55.8 Å². The zero-order chi connectivity index (χ0) is 18.4. The van der Waals surface area contributed by atoms with Crippen LogP contribution in [0.3, 0.4) is 0 Å². The first kappa shape index (κ1) is 18.7. The quantitative estimate of drug-likeness (QED) is 0.798. The first-order valence-corrected chi connectivity index (χ1v) is 8.49. The number of aliphatic carboxylic acids is 1. The molecule has 0 unspecified atom stereocenters. The number of carboxylic acids is 1. The number of aromatic nitrogens is 2. The minimum Gasteiger partial charge on any atom is -0.481 e. The Morgan fingerprint density at radius 1 is 1.24 bits per heavy atom. The fourth-order valence-corrected chi connectivity index (χ4v) is 2.80. The molecule has 25 heavy (non-hydrogen) atoms. The number of amides is 1. The third kappa shape index (κ3) is 4.92. The van der Waals surface area contributed by atoms with Gasteiger partial charge in [-0.2, -0.15) is 5.10 Å². The molecule has 0 aliphatic heterocycles. The molecule has 2 aromatic rings. The summed E-state index contributed by atoms with van der Waals surface area (Å²) in [6.07, 6.45) is 2.07. The Bertz CT molecular complexity index is 723. The molecule has 1 aromatic carbocycles. The maximum Gasteiger partial charge on any atom is 0.303 e. The van der Waals surface area contributed by atoms with Crippen LogP contribution in [0.2, 0.25) is 0 Å². The molecular weight excluding hydrogens is 318 g/mol. The van der Waals surface area contributed by atoms with Crippen LogP contribution in [0.15, 0.2) is 36.5 Å². The lowest BCUT2D eigenvalue weighted by molar-refractivity contribution is -0.137. The molecular formula is C19H25N3O3. The van der Waals surface area contributed by atoms with E-state index in [4.69, 9.17) is 5.11 Å². The SMILES string of the molecule is Cc1c(C(=O)N(CCCC(=O)O)Cc2ccccc2)cnn1C(C)C. The van der Waals surface area contributed by atoms with Crippen molar-refractivity contribution < 1.29 is 14.7 Å². The standard InChI is InChI=1S/C19H25N3O3/c1-14(2)22-15(3)17(12-20-22)19(25)21(11-7-10-18(23)24)13-16-8-5-4-6-9-16/h4-6,8-9,12,14H,7,10-11,13H2,1-3H3,(H,23,24). The molecule has 0 aliphatic carbocycles. The van der Waals surface area contributed by atoms with Crippen LogP contribution >= 0.6 is 0 Å². The number of benzene rings is 1. The molecule has 0 aliphatic rings. The van der Waals surface area contributed by atoms with E-state index < -0.39 is 5.97 Å². The van der Waals surface area contributed by atoms with Gasteiger partial charge in [-0.1, -0.05) is 30.3 Å². The summed E-state index contributed by atoms with van der Waals surface area (Å²) in [5, 5.41) is 13.2. The zero-order valence-electron chi connectivity index (χ0n) is 15.0. The number of nitrogens with zero attached hydrogens (tertiary/aromatic N) is 3. The highest BCUT2D eigenvalue weighted by atomic mass is 16.4. The maximum absolute atomic E-state index is 13.0. The van der Waals surface area contributed by atoms with Crippen molar-refractivity contribution in [3.05, 3.63) is 53.3 Å². The fraction of sp³-hybridized carbons (Fsp3) is 0.421. The molecule has 0 bridgehead atoms. The molecule has 0 atom stereocenters. The number of carbonyl (C=O) groups is 2. The van der Waals surface area contributed by atoms with E-state index in [2.05, 4.69) is 5.10 Å². The van der Waals surface area contributed by atoms with Crippen molar-refractivity contribution in [1.82, 2.24) is 14.7 Å². The predicted molar refractivity (Wildman–Crippen MR) is 95.4 cm³/mol. The summed E-state index contributed by atoms with van der Waals surface area (Å²) < 4.78 is 1.82. The van der Waals surface area contributed by atoms with Gasteiger partial charge in [-0.15, -0.1) is 0 Å². The lowest BCUT2D eigenvalue weighted by atomic mass is 10.1. The van der Waals surface area contributed by atoms with E-state index in [1.165, 1.54) is 0 Å². The van der Waals surface area contributed by atoms with Crippen molar-refractivity contribution in [2.45, 2.75) is 46.2 Å². The first-order valence-electron chi connectivity index (χ1n) is 8.49. The summed E-state index contributed by atoms with van der Waals surface area (Å²) in [4.78, 5) is 25.5. The molecule has 0 spiro atoms. The third-order valence-electron chi connectivity index (χ3n) is 4.09. The van der Waals surface area contributed by atoms with Crippen LogP contribution in [0.4, 0.5) is 0 Å². The zero-order valence-corrected chi connectivity index (χ0v) is 15.0. The number of hydrogen-bond donors (Lipinski definition) is 1. The Morgan fingerprint density at radius 2 is 1.92 bits per heavy atom. The van der Waals surface area contributed by atoms with Gasteiger partial charge in [0.2, 0.25) is 0 Å². The van der Waals surface area contributed by atoms with Crippen molar-refractivity contribution in [2.75, 3.05) is 6.54 Å². The average molecular weight is 343 g/mol. The number of carbonyl (C=O) groups excluding carboxylic acids is 1. The van der Waals surface area contributed by atoms with Crippen LogP contribution in [0.5, 0.6) is 0 Å². The van der Waals surface area contributed by atoms with Crippen molar-refractivity contribution in [1.29, 1.82) is 0 Å². The monoisotopic (exact) mass is 343 g/mol. The van der Waals surface area contributed by atoms with Gasteiger partial charge in [0.1, 0.15) is 0 Å². The van der Waals surface area contributed by atoms with Gasteiger partial charge in [-0.05, 0) is 32.8 Å². The summed E-state index contributed by atoms with van der Waals surface area (Å²) in [5.41, 5.74) is 2.41. The van der Waals surface area contributed by atoms with Crippen LogP contribution in [0, 0.1) is 6.92 Å². The number of rotatable bonds is 8. The first-order chi connectivity index (χ1) is 11.9. The summed E-state index contributed by atoms with van der Waals surface area (Å²) in [6.45, 7) is 6.77. The fourth-order valence-electron chi connectivity index (χ4n) is 2.80. The molecule has 0 saturated heterocycles. The smallest absolute Gasteiger partial charge is 0.303 e. The number of carboxylic acid groups (broad SMARTS) is 1. The van der Waals surface area contributed by atoms with Gasteiger partial charge in [0.15, 0.2) is 0 Å². The minimum absolute atomic E-state index is 0.0445. The van der Waals surface area contributed by atoms with Crippen LogP contribution in [-0.4, -0.2) is 38.2 Å². The highest BCUT2D eigenvalue weighted by molar-refractivity contribution is 5.95. The van der Waals surface area contributed by atoms with Crippen molar-refractivity contribution in [2.24, 2.45) is 0 Å². The molecule has 1 heterocycles. The van der Waals surface area contributed by atoms with Gasteiger partial charge in [-0.3, -0.25) is 14.3 Å². The topological polar surface area (TPSA) is 75.4 Å². The van der Waals surface area contributed by atoms with Crippen LogP contribution in [0.1, 0.15) is 54.3 Å². The normalized spacial score (nSPS) is 10.9. The largest absolute Gasteiger partial charge is 0.481 e. The Kier molecular flexibility index (Phi) is 6.33. The lowest BCUT2D eigenvalue weighted by Crippen LogP contribution is -2.32. The summed E-state index contributed by atoms with van der Waals surface area (Å²) in [6, 6.07) is 9.88. The molecule has 6 heteroatoms. The Balaban J connectivity index is 2.20. The molecule has 2 rings (SSSR count). The van der Waals surface area contributed by atoms with E-state index in [1.54, 1.807) is 11.1 Å². The number of hydrogen-bond acceptors (Lipinski definition) is 3. The van der Waals surface area contributed by atoms with Crippen molar-refractivity contribution in [3.8, 4) is 0 Å². The molecule has 1 amide bonds. The molecule has 0 saturated carbocycles. The Hall–Kier alpha value is -2.63. The molecule has 0 fully saturated rings. The van der Waals surface area contributed by atoms with Crippen LogP contribution in [-0.2, 0) is 11.3 Å². The second-order valence-electron chi connectivity index (χ2n) is 6.39. The Morgan fingerprint density at radius 3 is 2.48 bits per heavy atom. The summed E-state index contributed by atoms with van der Waals surface area (Å²) in [5.74, 6) is -0.963. The van der Waals surface area contributed by atoms with Crippen LogP contribution < -0.4 is 0 Å². The summed E-state index contributed by atoms with van der Waals surface area (Å²) >= 11 is 0. The molecule has 1 N–H and O–H groups in total. The van der Waals surface area contributed by atoms with Gasteiger partial charge in [0, 0.05) is 31.2 Å². The van der Waals surface area contributed by atoms with E-state index in [0.717, 1.165) is 11.3 Å². The average Bonchev–Trinajstić information content (AvgIpc) is 2.95. The highest BCUT2D eigenvalue weighted by Gasteiger charge is 2.21. The van der Waals surface area contributed by atoms with Crippen molar-refractivity contribution in [3.63, 3.8) is 0 Å². The molecule has 134 valence electrons. The van der Waals surface area contributed by atoms with Crippen molar-refractivity contribution >= 4 is 11.9 Å². The van der Waals surface area contributed by atoms with E-state index in [9.17, 15) is 9.59 Å². The molecule has 1 aromatic heterocycles. The van der Waals surface area contributed by atoms with E-state index in [0.29, 0.717) is 25.1 Å². The second kappa shape index (κ2) is 8.46. The molecule has 0 radical (unpaired) electrons. The van der Waals surface area contributed by atoms with Gasteiger partial charge in [0.25, 0.3) is 5.91 Å². The van der Waals surface area contributed by atoms with E-state index in [-0.39, 0.29) is 18.4 Å². The second-order valence-corrected chi connectivity index (χ2v) is 6.39. The van der Waals surface area contributed by atoms with Gasteiger partial charge < -0.3 is 10.0 Å². The maximum atomic E-state index is 13.0. The highest BCUT2D eigenvalue weighted by Crippen LogP contribution is 2.17. The van der Waals surface area contributed by atoms with Crippen LogP contribution in [0.25, 0.3) is 0 Å². The molecule has 6 nitrogen and oxygen atoms in total. The van der Waals surface area contributed by atoms with Gasteiger partial charge >= 0.3 is 5.97 Å². The minimum atomic E-state index is -0.851. The Labute approximate surface area is 148 Å². The van der Waals surface area contributed by atoms with E-state index >= 15 is 0 Å². The third-order valence-corrected chi connectivity index (χ3v) is 4.09. The summed E-state index contributed by atoms with van der Waals surface area (Å²) in [7, 11) is 0. The van der Waals surface area contributed by atoms with Gasteiger partial charge in [-0.25, -0.2) is 0 Å². The van der Waals surface area contributed by atoms with Gasteiger partial charge in [0.05, 0.1) is 11.8 Å². The predicted octanol–water partition coefficient (Wildman–Crippen LogP) is 3.28.